The second-order valence-corrected chi connectivity index (χ2v) is 6.20. The molecule has 1 atom stereocenters. The molecule has 2 rings (SSSR count). The zero-order valence-corrected chi connectivity index (χ0v) is 14.3. The molecule has 0 heterocycles. The fourth-order valence-electron chi connectivity index (χ4n) is 3.41. The molecule has 1 aliphatic carbocycles. The summed E-state index contributed by atoms with van der Waals surface area (Å²) in [6, 6.07) is 10.4. The van der Waals surface area contributed by atoms with E-state index in [1.165, 1.54) is 0 Å². The lowest BCUT2D eigenvalue weighted by Crippen LogP contribution is -2.49. The topological polar surface area (TPSA) is 55.1 Å². The molecule has 1 fully saturated rings. The standard InChI is InChI=1S/C18H28N2O.ClH/c1-2-3-11-16(14-19)20-17(21)18(12-7-8-13-18)15-9-5-4-6-10-15;/h4-6,9-10,16H,2-3,7-8,11-14,19H2,1H3,(H,20,21);1H. The Bertz CT molecular complexity index is 444. The molecule has 1 amide bonds. The summed E-state index contributed by atoms with van der Waals surface area (Å²) in [5.74, 6) is 0.178. The van der Waals surface area contributed by atoms with Crippen LogP contribution < -0.4 is 11.1 Å². The van der Waals surface area contributed by atoms with Crippen LogP contribution in [-0.2, 0) is 10.2 Å². The molecule has 124 valence electrons. The normalized spacial score (nSPS) is 17.5. The molecule has 1 aromatic rings. The molecule has 1 unspecified atom stereocenters. The molecular formula is C18H29ClN2O. The van der Waals surface area contributed by atoms with Gasteiger partial charge in [0.15, 0.2) is 0 Å². The van der Waals surface area contributed by atoms with Crippen molar-refractivity contribution in [1.82, 2.24) is 5.32 Å². The highest BCUT2D eigenvalue weighted by atomic mass is 35.5. The number of amides is 1. The van der Waals surface area contributed by atoms with Crippen molar-refractivity contribution in [3.63, 3.8) is 0 Å². The highest BCUT2D eigenvalue weighted by Gasteiger charge is 2.42. The summed E-state index contributed by atoms with van der Waals surface area (Å²) in [6.45, 7) is 2.69. The first-order valence-electron chi connectivity index (χ1n) is 8.29. The van der Waals surface area contributed by atoms with Crippen LogP contribution >= 0.6 is 12.4 Å². The second kappa shape index (κ2) is 9.16. The van der Waals surface area contributed by atoms with Gasteiger partial charge < -0.3 is 11.1 Å². The SMILES string of the molecule is CCCCC(CN)NC(=O)C1(c2ccccc2)CCCC1.Cl. The Morgan fingerprint density at radius 1 is 1.27 bits per heavy atom. The minimum absolute atomic E-state index is 0. The summed E-state index contributed by atoms with van der Waals surface area (Å²) in [5, 5.41) is 3.22. The Hall–Kier alpha value is -1.06. The van der Waals surface area contributed by atoms with Crippen LogP contribution in [-0.4, -0.2) is 18.5 Å². The molecule has 22 heavy (non-hydrogen) atoms. The molecule has 0 bridgehead atoms. The molecule has 3 N–H and O–H groups in total. The first-order chi connectivity index (χ1) is 10.2. The number of nitrogens with two attached hydrogens (primary N) is 1. The van der Waals surface area contributed by atoms with Crippen molar-refractivity contribution in [2.24, 2.45) is 5.73 Å². The quantitative estimate of drug-likeness (QED) is 0.805. The number of nitrogens with one attached hydrogen (secondary N) is 1. The van der Waals surface area contributed by atoms with Crippen molar-refractivity contribution in [2.75, 3.05) is 6.54 Å². The highest BCUT2D eigenvalue weighted by molar-refractivity contribution is 5.88. The zero-order chi connectivity index (χ0) is 15.1. The number of hydrogen-bond acceptors (Lipinski definition) is 2. The van der Waals surface area contributed by atoms with Crippen LogP contribution in [0.3, 0.4) is 0 Å². The maximum atomic E-state index is 12.9. The van der Waals surface area contributed by atoms with Crippen molar-refractivity contribution >= 4 is 18.3 Å². The lowest BCUT2D eigenvalue weighted by atomic mass is 9.77. The highest BCUT2D eigenvalue weighted by Crippen LogP contribution is 2.41. The van der Waals surface area contributed by atoms with E-state index in [-0.39, 0.29) is 29.8 Å². The van der Waals surface area contributed by atoms with Gasteiger partial charge in [-0.25, -0.2) is 0 Å². The van der Waals surface area contributed by atoms with Gasteiger partial charge in [-0.2, -0.15) is 0 Å². The van der Waals surface area contributed by atoms with E-state index in [1.54, 1.807) is 0 Å². The summed E-state index contributed by atoms with van der Waals surface area (Å²) in [4.78, 5) is 12.9. The van der Waals surface area contributed by atoms with Crippen molar-refractivity contribution in [1.29, 1.82) is 0 Å². The van der Waals surface area contributed by atoms with Crippen LogP contribution in [0.5, 0.6) is 0 Å². The maximum absolute atomic E-state index is 12.9. The third-order valence-electron chi connectivity index (χ3n) is 4.74. The summed E-state index contributed by atoms with van der Waals surface area (Å²) in [7, 11) is 0. The fraction of sp³-hybridized carbons (Fsp3) is 0.611. The third-order valence-corrected chi connectivity index (χ3v) is 4.74. The van der Waals surface area contributed by atoms with E-state index in [4.69, 9.17) is 5.73 Å². The first-order valence-corrected chi connectivity index (χ1v) is 8.29. The minimum Gasteiger partial charge on any atom is -0.351 e. The predicted octanol–water partition coefficient (Wildman–Crippen LogP) is 3.55. The van der Waals surface area contributed by atoms with E-state index in [0.717, 1.165) is 50.5 Å². The van der Waals surface area contributed by atoms with Crippen LogP contribution in [0.4, 0.5) is 0 Å². The molecule has 0 saturated heterocycles. The Balaban J connectivity index is 0.00000242. The molecule has 0 aromatic heterocycles. The molecule has 1 aromatic carbocycles. The largest absolute Gasteiger partial charge is 0.351 e. The monoisotopic (exact) mass is 324 g/mol. The zero-order valence-electron chi connectivity index (χ0n) is 13.5. The molecule has 3 nitrogen and oxygen atoms in total. The molecule has 0 aliphatic heterocycles. The summed E-state index contributed by atoms with van der Waals surface area (Å²) in [6.07, 6.45) is 7.39. The number of halogens is 1. The van der Waals surface area contributed by atoms with Crippen LogP contribution in [0.25, 0.3) is 0 Å². The molecule has 4 heteroatoms. The summed E-state index contributed by atoms with van der Waals surface area (Å²) >= 11 is 0. The average Bonchev–Trinajstić information content (AvgIpc) is 3.03. The van der Waals surface area contributed by atoms with E-state index >= 15 is 0 Å². The van der Waals surface area contributed by atoms with Gasteiger partial charge in [0.05, 0.1) is 5.41 Å². The van der Waals surface area contributed by atoms with E-state index in [1.807, 2.05) is 18.2 Å². The second-order valence-electron chi connectivity index (χ2n) is 6.20. The van der Waals surface area contributed by atoms with E-state index in [2.05, 4.69) is 24.4 Å². The number of rotatable bonds is 7. The lowest BCUT2D eigenvalue weighted by molar-refractivity contribution is -0.127. The lowest BCUT2D eigenvalue weighted by Gasteiger charge is -2.30. The number of carbonyl (C=O) groups is 1. The van der Waals surface area contributed by atoms with Gasteiger partial charge in [-0.15, -0.1) is 12.4 Å². The molecule has 1 aliphatic rings. The van der Waals surface area contributed by atoms with Gasteiger partial charge in [-0.3, -0.25) is 4.79 Å². The number of hydrogen-bond donors (Lipinski definition) is 2. The molecule has 0 radical (unpaired) electrons. The number of benzene rings is 1. The van der Waals surface area contributed by atoms with Gasteiger partial charge in [-0.1, -0.05) is 62.9 Å². The Morgan fingerprint density at radius 2 is 1.91 bits per heavy atom. The minimum atomic E-state index is -0.332. The van der Waals surface area contributed by atoms with Crippen LogP contribution in [0.1, 0.15) is 57.4 Å². The van der Waals surface area contributed by atoms with E-state index < -0.39 is 0 Å². The van der Waals surface area contributed by atoms with Gasteiger partial charge >= 0.3 is 0 Å². The van der Waals surface area contributed by atoms with Crippen molar-refractivity contribution < 1.29 is 4.79 Å². The van der Waals surface area contributed by atoms with Gasteiger partial charge in [-0.05, 0) is 24.8 Å². The first kappa shape index (κ1) is 19.0. The maximum Gasteiger partial charge on any atom is 0.230 e. The van der Waals surface area contributed by atoms with Gasteiger partial charge in [0.2, 0.25) is 5.91 Å². The third kappa shape index (κ3) is 4.23. The van der Waals surface area contributed by atoms with Crippen molar-refractivity contribution in [2.45, 2.75) is 63.3 Å². The van der Waals surface area contributed by atoms with Crippen molar-refractivity contribution in [3.05, 3.63) is 35.9 Å². The van der Waals surface area contributed by atoms with Crippen LogP contribution in [0.2, 0.25) is 0 Å². The molecular weight excluding hydrogens is 296 g/mol. The average molecular weight is 325 g/mol. The van der Waals surface area contributed by atoms with Crippen molar-refractivity contribution in [3.8, 4) is 0 Å². The Morgan fingerprint density at radius 3 is 2.45 bits per heavy atom. The summed E-state index contributed by atoms with van der Waals surface area (Å²) in [5.41, 5.74) is 6.65. The van der Waals surface area contributed by atoms with Gasteiger partial charge in [0.25, 0.3) is 0 Å². The fourth-order valence-corrected chi connectivity index (χ4v) is 3.41. The molecule has 1 saturated carbocycles. The van der Waals surface area contributed by atoms with Gasteiger partial charge in [0.1, 0.15) is 0 Å². The number of unbranched alkanes of at least 4 members (excludes halogenated alkanes) is 1. The van der Waals surface area contributed by atoms with E-state index in [0.29, 0.717) is 6.54 Å². The Labute approximate surface area is 140 Å². The van der Waals surface area contributed by atoms with E-state index in [9.17, 15) is 4.79 Å². The van der Waals surface area contributed by atoms with Crippen LogP contribution in [0.15, 0.2) is 30.3 Å². The number of carbonyl (C=O) groups excluding carboxylic acids is 1. The molecule has 0 spiro atoms. The van der Waals surface area contributed by atoms with Gasteiger partial charge in [0, 0.05) is 12.6 Å². The van der Waals surface area contributed by atoms with Crippen LogP contribution in [0, 0.1) is 0 Å². The Kier molecular flexibility index (Phi) is 7.91. The smallest absolute Gasteiger partial charge is 0.230 e. The predicted molar refractivity (Wildman–Crippen MR) is 94.3 cm³/mol. The summed E-state index contributed by atoms with van der Waals surface area (Å²) < 4.78 is 0.